The van der Waals surface area contributed by atoms with E-state index in [1.54, 1.807) is 26.2 Å². The smallest absolute Gasteiger partial charge is 0.254 e. The maximum absolute atomic E-state index is 12.4. The van der Waals surface area contributed by atoms with Crippen LogP contribution in [0.3, 0.4) is 0 Å². The number of amides is 2. The van der Waals surface area contributed by atoms with Crippen LogP contribution in [0.5, 0.6) is 5.88 Å². The van der Waals surface area contributed by atoms with Crippen LogP contribution in [0.1, 0.15) is 29.6 Å². The molecule has 0 N–H and O–H groups in total. The molecule has 3 heterocycles. The summed E-state index contributed by atoms with van der Waals surface area (Å²) in [6.07, 6.45) is 4.00. The zero-order valence-electron chi connectivity index (χ0n) is 14.8. The van der Waals surface area contributed by atoms with Crippen molar-refractivity contribution in [3.63, 3.8) is 0 Å². The number of carbonyl (C=O) groups excluding carboxylic acids is 2. The Morgan fingerprint density at radius 1 is 1.24 bits per heavy atom. The minimum atomic E-state index is -0.0817. The second-order valence-electron chi connectivity index (χ2n) is 6.79. The van der Waals surface area contributed by atoms with Crippen LogP contribution in [0, 0.1) is 5.92 Å². The van der Waals surface area contributed by atoms with Crippen molar-refractivity contribution >= 4 is 11.8 Å². The number of carbonyl (C=O) groups is 2. The summed E-state index contributed by atoms with van der Waals surface area (Å²) in [6.45, 7) is 2.65. The molecule has 0 bridgehead atoms. The van der Waals surface area contributed by atoms with Gasteiger partial charge >= 0.3 is 0 Å². The fraction of sp³-hybridized carbons (Fsp3) is 0.611. The van der Waals surface area contributed by atoms with Crippen LogP contribution in [0.25, 0.3) is 0 Å². The molecule has 7 heteroatoms. The highest BCUT2D eigenvalue weighted by atomic mass is 16.5. The van der Waals surface area contributed by atoms with Gasteiger partial charge in [0.2, 0.25) is 11.8 Å². The van der Waals surface area contributed by atoms with E-state index < -0.39 is 0 Å². The average molecular weight is 347 g/mol. The van der Waals surface area contributed by atoms with Crippen molar-refractivity contribution in [1.29, 1.82) is 0 Å². The van der Waals surface area contributed by atoms with Gasteiger partial charge in [0.15, 0.2) is 0 Å². The summed E-state index contributed by atoms with van der Waals surface area (Å²) in [4.78, 5) is 31.9. The van der Waals surface area contributed by atoms with E-state index in [0.717, 1.165) is 19.3 Å². The molecule has 1 aromatic heterocycles. The minimum absolute atomic E-state index is 0.0286. The Bertz CT molecular complexity index is 603. The molecule has 2 aliphatic rings. The SMILES string of the molecule is CN(C)C(=O)c1ccc(OC2CCN(C(=O)C3CCOC3)CC2)nc1. The topological polar surface area (TPSA) is 72.0 Å². The highest BCUT2D eigenvalue weighted by molar-refractivity contribution is 5.93. The van der Waals surface area contributed by atoms with Crippen molar-refractivity contribution in [3.8, 4) is 5.88 Å². The van der Waals surface area contributed by atoms with Crippen molar-refractivity contribution in [2.75, 3.05) is 40.4 Å². The van der Waals surface area contributed by atoms with Crippen LogP contribution in [-0.2, 0) is 9.53 Å². The fourth-order valence-corrected chi connectivity index (χ4v) is 3.19. The number of nitrogens with zero attached hydrogens (tertiary/aromatic N) is 3. The zero-order chi connectivity index (χ0) is 17.8. The first-order chi connectivity index (χ1) is 12.0. The van der Waals surface area contributed by atoms with Gasteiger partial charge in [-0.05, 0) is 12.5 Å². The highest BCUT2D eigenvalue weighted by Crippen LogP contribution is 2.21. The third-order valence-electron chi connectivity index (χ3n) is 4.71. The lowest BCUT2D eigenvalue weighted by molar-refractivity contribution is -0.137. The molecular weight excluding hydrogens is 322 g/mol. The predicted octanol–water partition coefficient (Wildman–Crippen LogP) is 1.19. The lowest BCUT2D eigenvalue weighted by atomic mass is 10.0. The Balaban J connectivity index is 1.48. The van der Waals surface area contributed by atoms with Crippen LogP contribution in [0.2, 0.25) is 0 Å². The third kappa shape index (κ3) is 4.28. The molecule has 1 atom stereocenters. The molecule has 25 heavy (non-hydrogen) atoms. The quantitative estimate of drug-likeness (QED) is 0.818. The van der Waals surface area contributed by atoms with Gasteiger partial charge in [-0.3, -0.25) is 9.59 Å². The van der Waals surface area contributed by atoms with Crippen LogP contribution in [0.15, 0.2) is 18.3 Å². The lowest BCUT2D eigenvalue weighted by Crippen LogP contribution is -2.44. The maximum Gasteiger partial charge on any atom is 0.254 e. The van der Waals surface area contributed by atoms with Gasteiger partial charge in [-0.2, -0.15) is 0 Å². The number of hydrogen-bond acceptors (Lipinski definition) is 5. The Hall–Kier alpha value is -2.15. The van der Waals surface area contributed by atoms with E-state index in [9.17, 15) is 9.59 Å². The van der Waals surface area contributed by atoms with Gasteiger partial charge in [-0.1, -0.05) is 0 Å². The van der Waals surface area contributed by atoms with E-state index in [0.29, 0.717) is 37.7 Å². The molecule has 136 valence electrons. The molecule has 0 saturated carbocycles. The van der Waals surface area contributed by atoms with Crippen LogP contribution < -0.4 is 4.74 Å². The summed E-state index contributed by atoms with van der Waals surface area (Å²) in [7, 11) is 3.42. The normalized spacial score (nSPS) is 21.2. The van der Waals surface area contributed by atoms with E-state index in [-0.39, 0.29) is 23.8 Å². The Morgan fingerprint density at radius 2 is 2.00 bits per heavy atom. The van der Waals surface area contributed by atoms with E-state index in [1.165, 1.54) is 11.1 Å². The van der Waals surface area contributed by atoms with Crippen molar-refractivity contribution in [3.05, 3.63) is 23.9 Å². The summed E-state index contributed by atoms with van der Waals surface area (Å²) >= 11 is 0. The van der Waals surface area contributed by atoms with Gasteiger partial charge < -0.3 is 19.3 Å². The molecule has 7 nitrogen and oxygen atoms in total. The molecule has 0 spiro atoms. The van der Waals surface area contributed by atoms with E-state index in [1.807, 2.05) is 4.90 Å². The molecule has 0 radical (unpaired) electrons. The van der Waals surface area contributed by atoms with Gasteiger partial charge in [0, 0.05) is 58.9 Å². The molecular formula is C18H25N3O4. The van der Waals surface area contributed by atoms with E-state index in [4.69, 9.17) is 9.47 Å². The zero-order valence-corrected chi connectivity index (χ0v) is 14.8. The average Bonchev–Trinajstić information content (AvgIpc) is 3.16. The second-order valence-corrected chi connectivity index (χ2v) is 6.79. The third-order valence-corrected chi connectivity index (χ3v) is 4.71. The fourth-order valence-electron chi connectivity index (χ4n) is 3.19. The number of piperidine rings is 1. The van der Waals surface area contributed by atoms with Gasteiger partial charge in [-0.25, -0.2) is 4.98 Å². The van der Waals surface area contributed by atoms with Gasteiger partial charge in [0.05, 0.1) is 18.1 Å². The predicted molar refractivity (Wildman–Crippen MR) is 91.4 cm³/mol. The van der Waals surface area contributed by atoms with Crippen molar-refractivity contribution in [2.24, 2.45) is 5.92 Å². The lowest BCUT2D eigenvalue weighted by Gasteiger charge is -2.33. The number of aromatic nitrogens is 1. The number of hydrogen-bond donors (Lipinski definition) is 0. The first kappa shape index (κ1) is 17.7. The summed E-state index contributed by atoms with van der Waals surface area (Å²) in [5.74, 6) is 0.674. The molecule has 2 saturated heterocycles. The molecule has 2 fully saturated rings. The largest absolute Gasteiger partial charge is 0.474 e. The van der Waals surface area contributed by atoms with Crippen molar-refractivity contribution < 1.29 is 19.1 Å². The minimum Gasteiger partial charge on any atom is -0.474 e. The van der Waals surface area contributed by atoms with Gasteiger partial charge in [0.1, 0.15) is 6.10 Å². The van der Waals surface area contributed by atoms with Crippen LogP contribution in [0.4, 0.5) is 0 Å². The number of likely N-dealkylation sites (tertiary alicyclic amines) is 1. The highest BCUT2D eigenvalue weighted by Gasteiger charge is 2.31. The van der Waals surface area contributed by atoms with Gasteiger partial charge in [0.25, 0.3) is 5.91 Å². The Kier molecular flexibility index (Phi) is 5.53. The number of rotatable bonds is 4. The second kappa shape index (κ2) is 7.82. The molecule has 3 rings (SSSR count). The van der Waals surface area contributed by atoms with Gasteiger partial charge in [-0.15, -0.1) is 0 Å². The molecule has 1 aromatic rings. The van der Waals surface area contributed by atoms with E-state index >= 15 is 0 Å². The van der Waals surface area contributed by atoms with Crippen LogP contribution in [-0.4, -0.2) is 73.1 Å². The first-order valence-electron chi connectivity index (χ1n) is 8.75. The van der Waals surface area contributed by atoms with Crippen molar-refractivity contribution in [1.82, 2.24) is 14.8 Å². The molecule has 2 amide bonds. The van der Waals surface area contributed by atoms with E-state index in [2.05, 4.69) is 4.98 Å². The summed E-state index contributed by atoms with van der Waals surface area (Å²) in [5.41, 5.74) is 0.538. The molecule has 2 aliphatic heterocycles. The molecule has 1 unspecified atom stereocenters. The molecule has 0 aliphatic carbocycles. The first-order valence-corrected chi connectivity index (χ1v) is 8.75. The standard InChI is InChI=1S/C18H25N3O4/c1-20(2)17(22)13-3-4-16(19-11-13)25-15-5-8-21(9-6-15)18(23)14-7-10-24-12-14/h3-4,11,14-15H,5-10,12H2,1-2H3. The monoisotopic (exact) mass is 347 g/mol. The summed E-state index contributed by atoms with van der Waals surface area (Å²) in [5, 5.41) is 0. The Morgan fingerprint density at radius 3 is 2.56 bits per heavy atom. The summed E-state index contributed by atoms with van der Waals surface area (Å²) < 4.78 is 11.2. The molecule has 0 aromatic carbocycles. The van der Waals surface area contributed by atoms with Crippen molar-refractivity contribution in [2.45, 2.75) is 25.4 Å². The van der Waals surface area contributed by atoms with Crippen LogP contribution >= 0.6 is 0 Å². The Labute approximate surface area is 147 Å². The maximum atomic E-state index is 12.4. The summed E-state index contributed by atoms with van der Waals surface area (Å²) in [6, 6.07) is 3.45. The number of pyridine rings is 1. The number of ether oxygens (including phenoxy) is 2.